The number of carboxylic acids is 1. The molecule has 0 aliphatic carbocycles. The Balaban J connectivity index is 3.12. The molecular formula is C12H19NO3. The lowest BCUT2D eigenvalue weighted by atomic mass is 9.72. The van der Waals surface area contributed by atoms with Crippen molar-refractivity contribution in [1.29, 1.82) is 0 Å². The maximum absolute atomic E-state index is 11.0. The lowest BCUT2D eigenvalue weighted by Crippen LogP contribution is -2.46. The van der Waals surface area contributed by atoms with Crippen LogP contribution >= 0.6 is 0 Å². The molecule has 4 nitrogen and oxygen atoms in total. The molecule has 0 amide bonds. The minimum absolute atomic E-state index is 0.00597. The Hall–Kier alpha value is -1.29. The largest absolute Gasteiger partial charge is 0.481 e. The van der Waals surface area contributed by atoms with Crippen LogP contribution in [0.5, 0.6) is 0 Å². The van der Waals surface area contributed by atoms with Gasteiger partial charge in [0.15, 0.2) is 0 Å². The normalized spacial score (nSPS) is 16.7. The molecule has 1 rings (SSSR count). The maximum Gasteiger partial charge on any atom is 0.304 e. The molecule has 16 heavy (non-hydrogen) atoms. The van der Waals surface area contributed by atoms with E-state index in [1.807, 2.05) is 19.9 Å². The van der Waals surface area contributed by atoms with Gasteiger partial charge in [-0.15, -0.1) is 0 Å². The molecule has 3 N–H and O–H groups in total. The van der Waals surface area contributed by atoms with Crippen molar-refractivity contribution in [3.63, 3.8) is 0 Å². The fourth-order valence-corrected chi connectivity index (χ4v) is 2.18. The highest BCUT2D eigenvalue weighted by Gasteiger charge is 2.40. The number of hydrogen-bond acceptors (Lipinski definition) is 3. The lowest BCUT2D eigenvalue weighted by Gasteiger charge is -2.34. The van der Waals surface area contributed by atoms with Crippen molar-refractivity contribution in [2.24, 2.45) is 5.73 Å². The van der Waals surface area contributed by atoms with Gasteiger partial charge in [0, 0.05) is 6.04 Å². The van der Waals surface area contributed by atoms with Crippen LogP contribution < -0.4 is 5.73 Å². The number of aliphatic carboxylic acids is 1. The number of carboxylic acid groups (broad SMARTS) is 1. The highest BCUT2D eigenvalue weighted by molar-refractivity contribution is 5.69. The van der Waals surface area contributed by atoms with Crippen LogP contribution in [-0.2, 0) is 10.2 Å². The van der Waals surface area contributed by atoms with Gasteiger partial charge in [-0.25, -0.2) is 0 Å². The third kappa shape index (κ3) is 2.27. The van der Waals surface area contributed by atoms with Crippen molar-refractivity contribution in [3.05, 3.63) is 24.2 Å². The quantitative estimate of drug-likeness (QED) is 0.777. The lowest BCUT2D eigenvalue weighted by molar-refractivity contribution is -0.139. The van der Waals surface area contributed by atoms with Gasteiger partial charge in [-0.1, -0.05) is 13.8 Å². The van der Waals surface area contributed by atoms with Gasteiger partial charge in [0.05, 0.1) is 18.1 Å². The second kappa shape index (κ2) is 5.16. The Kier molecular flexibility index (Phi) is 4.12. The molecule has 0 fully saturated rings. The van der Waals surface area contributed by atoms with Crippen molar-refractivity contribution >= 4 is 5.97 Å². The minimum Gasteiger partial charge on any atom is -0.481 e. The van der Waals surface area contributed by atoms with Gasteiger partial charge < -0.3 is 15.3 Å². The van der Waals surface area contributed by atoms with E-state index in [9.17, 15) is 4.79 Å². The fourth-order valence-electron chi connectivity index (χ4n) is 2.18. The van der Waals surface area contributed by atoms with Crippen LogP contribution in [0.25, 0.3) is 0 Å². The Labute approximate surface area is 95.4 Å². The number of rotatable bonds is 6. The standard InChI is InChI=1S/C12H19NO3/c1-3-9(13)12(4-2,8-11(14)15)10-6-5-7-16-10/h5-7,9H,3-4,8,13H2,1-2H3,(H,14,15). The van der Waals surface area contributed by atoms with Gasteiger partial charge in [0.1, 0.15) is 5.76 Å². The molecule has 0 bridgehead atoms. The summed E-state index contributed by atoms with van der Waals surface area (Å²) in [5.41, 5.74) is 5.49. The first kappa shape index (κ1) is 12.8. The van der Waals surface area contributed by atoms with Crippen LogP contribution in [0.1, 0.15) is 38.9 Å². The zero-order valence-electron chi connectivity index (χ0n) is 9.77. The molecule has 1 aromatic rings. The molecule has 1 heterocycles. The molecule has 0 aliphatic heterocycles. The van der Waals surface area contributed by atoms with E-state index >= 15 is 0 Å². The summed E-state index contributed by atoms with van der Waals surface area (Å²) in [6.45, 7) is 3.90. The van der Waals surface area contributed by atoms with Crippen LogP contribution in [0.3, 0.4) is 0 Å². The van der Waals surface area contributed by atoms with Crippen LogP contribution in [0.4, 0.5) is 0 Å². The van der Waals surface area contributed by atoms with Crippen molar-refractivity contribution in [2.45, 2.75) is 44.6 Å². The first-order valence-electron chi connectivity index (χ1n) is 5.58. The molecule has 0 radical (unpaired) electrons. The SMILES string of the molecule is CCC(N)C(CC)(CC(=O)O)c1ccco1. The molecule has 1 aromatic heterocycles. The second-order valence-electron chi connectivity index (χ2n) is 4.07. The average molecular weight is 225 g/mol. The topological polar surface area (TPSA) is 76.5 Å². The molecular weight excluding hydrogens is 206 g/mol. The van der Waals surface area contributed by atoms with Crippen molar-refractivity contribution in [3.8, 4) is 0 Å². The van der Waals surface area contributed by atoms with Crippen molar-refractivity contribution in [1.82, 2.24) is 0 Å². The second-order valence-corrected chi connectivity index (χ2v) is 4.07. The molecule has 0 aliphatic rings. The molecule has 4 heteroatoms. The molecule has 0 spiro atoms. The van der Waals surface area contributed by atoms with E-state index in [4.69, 9.17) is 15.3 Å². The van der Waals surface area contributed by atoms with Gasteiger partial charge >= 0.3 is 5.97 Å². The fraction of sp³-hybridized carbons (Fsp3) is 0.583. The highest BCUT2D eigenvalue weighted by Crippen LogP contribution is 2.36. The summed E-state index contributed by atoms with van der Waals surface area (Å²) in [5.74, 6) is -0.172. The van der Waals surface area contributed by atoms with Gasteiger partial charge in [-0.3, -0.25) is 4.79 Å². The minimum atomic E-state index is -0.845. The predicted molar refractivity (Wildman–Crippen MR) is 61.2 cm³/mol. The van der Waals surface area contributed by atoms with Gasteiger partial charge in [0.25, 0.3) is 0 Å². The Morgan fingerprint density at radius 2 is 2.31 bits per heavy atom. The molecule has 0 saturated heterocycles. The first-order valence-corrected chi connectivity index (χ1v) is 5.58. The molecule has 0 aromatic carbocycles. The Bertz CT molecular complexity index is 334. The van der Waals surface area contributed by atoms with Crippen molar-refractivity contribution < 1.29 is 14.3 Å². The summed E-state index contributed by atoms with van der Waals surface area (Å²) in [6, 6.07) is 3.37. The third-order valence-corrected chi connectivity index (χ3v) is 3.26. The molecule has 90 valence electrons. The Morgan fingerprint density at radius 1 is 1.62 bits per heavy atom. The van der Waals surface area contributed by atoms with E-state index in [0.717, 1.165) is 6.42 Å². The average Bonchev–Trinajstić information content (AvgIpc) is 2.78. The zero-order chi connectivity index (χ0) is 12.2. The van der Waals surface area contributed by atoms with Gasteiger partial charge in [-0.05, 0) is 25.0 Å². The number of nitrogens with two attached hydrogens (primary N) is 1. The number of carbonyl (C=O) groups is 1. The summed E-state index contributed by atoms with van der Waals surface area (Å²) in [7, 11) is 0. The van der Waals surface area contributed by atoms with Crippen LogP contribution in [-0.4, -0.2) is 17.1 Å². The Morgan fingerprint density at radius 3 is 2.69 bits per heavy atom. The van der Waals surface area contributed by atoms with Gasteiger partial charge in [-0.2, -0.15) is 0 Å². The summed E-state index contributed by atoms with van der Waals surface area (Å²) >= 11 is 0. The molecule has 2 unspecified atom stereocenters. The molecule has 2 atom stereocenters. The van der Waals surface area contributed by atoms with Crippen molar-refractivity contribution in [2.75, 3.05) is 0 Å². The first-order chi connectivity index (χ1) is 7.56. The van der Waals surface area contributed by atoms with E-state index in [1.54, 1.807) is 12.3 Å². The number of hydrogen-bond donors (Lipinski definition) is 2. The van der Waals surface area contributed by atoms with Crippen LogP contribution in [0.15, 0.2) is 22.8 Å². The third-order valence-electron chi connectivity index (χ3n) is 3.26. The predicted octanol–water partition coefficient (Wildman–Crippen LogP) is 2.14. The summed E-state index contributed by atoms with van der Waals surface area (Å²) in [4.78, 5) is 11.0. The monoisotopic (exact) mass is 225 g/mol. The summed E-state index contributed by atoms with van der Waals surface area (Å²) < 4.78 is 5.37. The van der Waals surface area contributed by atoms with E-state index in [-0.39, 0.29) is 12.5 Å². The van der Waals surface area contributed by atoms with E-state index in [2.05, 4.69) is 0 Å². The van der Waals surface area contributed by atoms with E-state index in [0.29, 0.717) is 12.2 Å². The summed E-state index contributed by atoms with van der Waals surface area (Å²) in [6.07, 6.45) is 2.94. The van der Waals surface area contributed by atoms with E-state index in [1.165, 1.54) is 0 Å². The van der Waals surface area contributed by atoms with Gasteiger partial charge in [0.2, 0.25) is 0 Å². The maximum atomic E-state index is 11.0. The number of furan rings is 1. The van der Waals surface area contributed by atoms with E-state index < -0.39 is 11.4 Å². The zero-order valence-corrected chi connectivity index (χ0v) is 9.77. The van der Waals surface area contributed by atoms with Crippen LogP contribution in [0, 0.1) is 0 Å². The highest BCUT2D eigenvalue weighted by atomic mass is 16.4. The molecule has 0 saturated carbocycles. The van der Waals surface area contributed by atoms with Crippen LogP contribution in [0.2, 0.25) is 0 Å². The smallest absolute Gasteiger partial charge is 0.304 e. The summed E-state index contributed by atoms with van der Waals surface area (Å²) in [5, 5.41) is 9.03.